The number of rotatable bonds is 3. The summed E-state index contributed by atoms with van der Waals surface area (Å²) < 4.78 is 0. The molecule has 0 aliphatic heterocycles. The quantitative estimate of drug-likeness (QED) is 0.721. The Kier molecular flexibility index (Phi) is 3.04. The number of nitrogens with one attached hydrogen (secondary N) is 2. The Morgan fingerprint density at radius 3 is 2.76 bits per heavy atom. The van der Waals surface area contributed by atoms with Gasteiger partial charge in [-0.1, -0.05) is 0 Å². The Hall–Kier alpha value is -2.37. The average Bonchev–Trinajstić information content (AvgIpc) is 2.69. The number of pyridine rings is 1. The lowest BCUT2D eigenvalue weighted by molar-refractivity contribution is 0.0947. The van der Waals surface area contributed by atoms with E-state index in [0.717, 1.165) is 5.56 Å². The van der Waals surface area contributed by atoms with Gasteiger partial charge in [-0.3, -0.25) is 14.9 Å². The zero-order valence-corrected chi connectivity index (χ0v) is 9.40. The van der Waals surface area contributed by atoms with Gasteiger partial charge in [0, 0.05) is 18.9 Å². The maximum absolute atomic E-state index is 11.8. The minimum Gasteiger partial charge on any atom is -0.395 e. The highest BCUT2D eigenvalue weighted by Crippen LogP contribution is 2.12. The minimum atomic E-state index is -0.288. The predicted molar refractivity (Wildman–Crippen MR) is 63.1 cm³/mol. The number of anilines is 1. The highest BCUT2D eigenvalue weighted by Gasteiger charge is 2.14. The van der Waals surface area contributed by atoms with Gasteiger partial charge in [-0.05, 0) is 24.6 Å². The lowest BCUT2D eigenvalue weighted by atomic mass is 10.2. The van der Waals surface area contributed by atoms with E-state index in [2.05, 4.69) is 20.5 Å². The van der Waals surface area contributed by atoms with Gasteiger partial charge < -0.3 is 11.1 Å². The summed E-state index contributed by atoms with van der Waals surface area (Å²) in [6.45, 7) is 2.19. The van der Waals surface area contributed by atoms with Gasteiger partial charge in [-0.15, -0.1) is 0 Å². The fourth-order valence-electron chi connectivity index (χ4n) is 1.38. The van der Waals surface area contributed by atoms with Crippen molar-refractivity contribution >= 4 is 11.6 Å². The summed E-state index contributed by atoms with van der Waals surface area (Å²) in [4.78, 5) is 15.7. The van der Waals surface area contributed by atoms with Gasteiger partial charge in [0.15, 0.2) is 5.69 Å². The topological polar surface area (TPSA) is 96.7 Å². The lowest BCUT2D eigenvalue weighted by Crippen LogP contribution is -2.24. The molecule has 2 rings (SSSR count). The zero-order valence-electron chi connectivity index (χ0n) is 9.40. The van der Waals surface area contributed by atoms with Gasteiger partial charge in [-0.2, -0.15) is 5.10 Å². The molecule has 0 spiro atoms. The third-order valence-electron chi connectivity index (χ3n) is 2.41. The molecule has 2 heterocycles. The molecule has 4 N–H and O–H groups in total. The van der Waals surface area contributed by atoms with E-state index in [0.29, 0.717) is 17.9 Å². The normalized spacial score (nSPS) is 10.2. The number of nitrogens with zero attached hydrogens (tertiary/aromatic N) is 2. The number of nitrogen functional groups attached to an aromatic ring is 1. The van der Waals surface area contributed by atoms with E-state index in [1.807, 2.05) is 12.1 Å². The van der Waals surface area contributed by atoms with Crippen molar-refractivity contribution in [2.45, 2.75) is 13.5 Å². The molecule has 0 aromatic carbocycles. The van der Waals surface area contributed by atoms with Gasteiger partial charge >= 0.3 is 0 Å². The molecule has 0 aliphatic rings. The van der Waals surface area contributed by atoms with E-state index < -0.39 is 0 Å². The second kappa shape index (κ2) is 4.65. The molecule has 2 aromatic heterocycles. The zero-order chi connectivity index (χ0) is 12.3. The van der Waals surface area contributed by atoms with Crippen LogP contribution in [0.3, 0.4) is 0 Å². The molecule has 2 aromatic rings. The minimum absolute atomic E-state index is 0.233. The number of aryl methyl sites for hydroxylation is 1. The van der Waals surface area contributed by atoms with Crippen molar-refractivity contribution in [3.63, 3.8) is 0 Å². The monoisotopic (exact) mass is 231 g/mol. The largest absolute Gasteiger partial charge is 0.395 e. The summed E-state index contributed by atoms with van der Waals surface area (Å²) in [5.74, 6) is -0.288. The van der Waals surface area contributed by atoms with Gasteiger partial charge in [0.25, 0.3) is 5.91 Å². The Bertz CT molecular complexity index is 520. The first kappa shape index (κ1) is 11.1. The standard InChI is InChI=1S/C11H13N5O/c1-7-9(12)10(16-15-7)11(17)14-6-8-2-4-13-5-3-8/h2-5H,6,12H2,1H3,(H,14,17)(H,15,16). The molecule has 88 valence electrons. The molecular weight excluding hydrogens is 218 g/mol. The second-order valence-corrected chi connectivity index (χ2v) is 3.65. The molecule has 0 aliphatic carbocycles. The first-order valence-corrected chi connectivity index (χ1v) is 5.16. The van der Waals surface area contributed by atoms with Crippen LogP contribution in [0.2, 0.25) is 0 Å². The Labute approximate surface area is 98.3 Å². The Morgan fingerprint density at radius 1 is 1.47 bits per heavy atom. The van der Waals surface area contributed by atoms with Crippen molar-refractivity contribution in [3.05, 3.63) is 41.5 Å². The highest BCUT2D eigenvalue weighted by atomic mass is 16.1. The van der Waals surface area contributed by atoms with Crippen molar-refractivity contribution in [1.82, 2.24) is 20.5 Å². The number of aromatic amines is 1. The molecule has 0 radical (unpaired) electrons. The van der Waals surface area contributed by atoms with Crippen LogP contribution in [-0.4, -0.2) is 21.1 Å². The SMILES string of the molecule is Cc1[nH]nc(C(=O)NCc2ccncc2)c1N. The van der Waals surface area contributed by atoms with E-state index in [-0.39, 0.29) is 11.6 Å². The van der Waals surface area contributed by atoms with Crippen LogP contribution in [0.5, 0.6) is 0 Å². The molecule has 0 fully saturated rings. The number of amides is 1. The lowest BCUT2D eigenvalue weighted by Gasteiger charge is -2.03. The first-order valence-electron chi connectivity index (χ1n) is 5.16. The van der Waals surface area contributed by atoms with E-state index in [9.17, 15) is 4.79 Å². The fourth-order valence-corrected chi connectivity index (χ4v) is 1.38. The first-order chi connectivity index (χ1) is 8.18. The summed E-state index contributed by atoms with van der Waals surface area (Å²) in [7, 11) is 0. The maximum Gasteiger partial charge on any atom is 0.274 e. The number of carbonyl (C=O) groups excluding carboxylic acids is 1. The molecule has 17 heavy (non-hydrogen) atoms. The van der Waals surface area contributed by atoms with Gasteiger partial charge in [0.1, 0.15) is 0 Å². The molecule has 0 unspecified atom stereocenters. The van der Waals surface area contributed by atoms with Gasteiger partial charge in [0.2, 0.25) is 0 Å². The number of hydrogen-bond donors (Lipinski definition) is 3. The molecule has 6 nitrogen and oxygen atoms in total. The second-order valence-electron chi connectivity index (χ2n) is 3.65. The van der Waals surface area contributed by atoms with Crippen molar-refractivity contribution in [1.29, 1.82) is 0 Å². The molecular formula is C11H13N5O. The fraction of sp³-hybridized carbons (Fsp3) is 0.182. The van der Waals surface area contributed by atoms with Crippen molar-refractivity contribution in [2.75, 3.05) is 5.73 Å². The van der Waals surface area contributed by atoms with Crippen LogP contribution in [0.25, 0.3) is 0 Å². The number of H-pyrrole nitrogens is 1. The van der Waals surface area contributed by atoms with Crippen molar-refractivity contribution < 1.29 is 4.79 Å². The third kappa shape index (κ3) is 2.41. The summed E-state index contributed by atoms with van der Waals surface area (Å²) in [6.07, 6.45) is 3.35. The molecule has 0 saturated heterocycles. The molecule has 1 amide bonds. The summed E-state index contributed by atoms with van der Waals surface area (Å²) in [6, 6.07) is 3.67. The number of aromatic nitrogens is 3. The van der Waals surface area contributed by atoms with Crippen molar-refractivity contribution in [3.8, 4) is 0 Å². The van der Waals surface area contributed by atoms with E-state index in [4.69, 9.17) is 5.73 Å². The van der Waals surface area contributed by atoms with Crippen LogP contribution < -0.4 is 11.1 Å². The van der Waals surface area contributed by atoms with Crippen molar-refractivity contribution in [2.24, 2.45) is 0 Å². The summed E-state index contributed by atoms with van der Waals surface area (Å²) in [5, 5.41) is 9.26. The highest BCUT2D eigenvalue weighted by molar-refractivity contribution is 5.97. The van der Waals surface area contributed by atoms with Crippen LogP contribution in [0, 0.1) is 6.92 Å². The smallest absolute Gasteiger partial charge is 0.274 e. The molecule has 0 atom stereocenters. The van der Waals surface area contributed by atoms with Crippen LogP contribution in [-0.2, 0) is 6.54 Å². The van der Waals surface area contributed by atoms with Gasteiger partial charge in [-0.25, -0.2) is 0 Å². The number of nitrogens with two attached hydrogens (primary N) is 1. The van der Waals surface area contributed by atoms with Crippen LogP contribution >= 0.6 is 0 Å². The third-order valence-corrected chi connectivity index (χ3v) is 2.41. The van der Waals surface area contributed by atoms with E-state index in [1.54, 1.807) is 19.3 Å². The van der Waals surface area contributed by atoms with Gasteiger partial charge in [0.05, 0.1) is 11.4 Å². The number of carbonyl (C=O) groups is 1. The average molecular weight is 231 g/mol. The number of hydrogen-bond acceptors (Lipinski definition) is 4. The van der Waals surface area contributed by atoms with E-state index >= 15 is 0 Å². The van der Waals surface area contributed by atoms with Crippen LogP contribution in [0.4, 0.5) is 5.69 Å². The van der Waals surface area contributed by atoms with Crippen LogP contribution in [0.1, 0.15) is 21.7 Å². The predicted octanol–water partition coefficient (Wildman–Crippen LogP) is 0.625. The Balaban J connectivity index is 2.01. The van der Waals surface area contributed by atoms with E-state index in [1.165, 1.54) is 0 Å². The summed E-state index contributed by atoms with van der Waals surface area (Å²) >= 11 is 0. The molecule has 0 saturated carbocycles. The maximum atomic E-state index is 11.8. The summed E-state index contributed by atoms with van der Waals surface area (Å²) in [5.41, 5.74) is 7.99. The molecule has 6 heteroatoms. The Morgan fingerprint density at radius 2 is 2.18 bits per heavy atom. The molecule has 0 bridgehead atoms. The van der Waals surface area contributed by atoms with Crippen LogP contribution in [0.15, 0.2) is 24.5 Å².